The molecule has 0 aromatic heterocycles. The fourth-order valence-electron chi connectivity index (χ4n) is 0.425. The first kappa shape index (κ1) is 13.7. The van der Waals surface area contributed by atoms with Gasteiger partial charge in [-0.15, -0.1) is 0 Å². The summed E-state index contributed by atoms with van der Waals surface area (Å²) in [5, 5.41) is 0. The van der Waals surface area contributed by atoms with Crippen LogP contribution in [0.1, 0.15) is 34.6 Å². The summed E-state index contributed by atoms with van der Waals surface area (Å²) < 4.78 is 0. The van der Waals surface area contributed by atoms with Crippen LogP contribution in [-0.4, -0.2) is 0 Å². The molecule has 0 spiro atoms. The number of hydrogen-bond donors (Lipinski definition) is 0. The van der Waals surface area contributed by atoms with Gasteiger partial charge < -0.3 is 5.73 Å². The summed E-state index contributed by atoms with van der Waals surface area (Å²) in [6.07, 6.45) is 5.15. The molecule has 0 aromatic rings. The third-order valence-corrected chi connectivity index (χ3v) is 0.877. The molecule has 0 aliphatic rings. The molecule has 0 N–H and O–H groups in total. The van der Waals surface area contributed by atoms with Crippen LogP contribution < -0.4 is 18.9 Å². The Morgan fingerprint density at radius 1 is 1.27 bits per heavy atom. The molecule has 0 heterocycles. The first-order valence-corrected chi connectivity index (χ1v) is 3.77. The fourth-order valence-corrected chi connectivity index (χ4v) is 0.425. The molecule has 1 heteroatoms. The van der Waals surface area contributed by atoms with Gasteiger partial charge in [-0.1, -0.05) is 46.0 Å². The van der Waals surface area contributed by atoms with Gasteiger partial charge in [0.15, 0.2) is 0 Å². The van der Waals surface area contributed by atoms with Crippen molar-refractivity contribution in [2.24, 2.45) is 11.3 Å². The molecule has 0 fully saturated rings. The van der Waals surface area contributed by atoms with Gasteiger partial charge in [0.1, 0.15) is 0 Å². The van der Waals surface area contributed by atoms with E-state index in [0.29, 0.717) is 5.92 Å². The zero-order valence-electron chi connectivity index (χ0n) is 8.65. The first-order chi connectivity index (χ1) is 4.42. The molecule has 0 unspecified atom stereocenters. The van der Waals surface area contributed by atoms with Crippen molar-refractivity contribution in [2.45, 2.75) is 34.6 Å². The van der Waals surface area contributed by atoms with Gasteiger partial charge in [-0.25, -0.2) is 6.08 Å². The van der Waals surface area contributed by atoms with Gasteiger partial charge in [0, 0.05) is 0 Å². The minimum absolute atomic E-state index is 0. The smallest absolute Gasteiger partial charge is 0.335 e. The quantitative estimate of drug-likeness (QED) is 0.280. The van der Waals surface area contributed by atoms with Crippen molar-refractivity contribution >= 4 is 0 Å². The molecule has 0 aromatic carbocycles. The molecule has 0 saturated heterocycles. The van der Waals surface area contributed by atoms with E-state index < -0.39 is 0 Å². The third kappa shape index (κ3) is 13.2. The molecule has 0 bridgehead atoms. The average molecular weight is 144 g/mol. The van der Waals surface area contributed by atoms with Crippen LogP contribution >= 0.6 is 0 Å². The number of rotatable bonds is 1. The minimum atomic E-state index is 0. The van der Waals surface area contributed by atoms with Crippen LogP contribution in [0.3, 0.4) is 0 Å². The molecular weight excluding hydrogens is 127 g/mol. The molecule has 0 aliphatic carbocycles. The Hall–Kier alpha value is 0.117. The monoisotopic (exact) mass is 144 g/mol. The molecule has 0 rings (SSSR count). The Kier molecular flexibility index (Phi) is 7.13. The van der Waals surface area contributed by atoms with Crippen LogP contribution in [0.5, 0.6) is 0 Å². The Balaban J connectivity index is 0. The van der Waals surface area contributed by atoms with E-state index in [2.05, 4.69) is 46.4 Å². The van der Waals surface area contributed by atoms with Crippen LogP contribution in [0.4, 0.5) is 0 Å². The van der Waals surface area contributed by atoms with E-state index in [1.807, 2.05) is 6.08 Å². The van der Waals surface area contributed by atoms with Crippen molar-refractivity contribution in [3.63, 3.8) is 0 Å². The van der Waals surface area contributed by atoms with Gasteiger partial charge in [-0.05, 0) is 0 Å². The summed E-state index contributed by atoms with van der Waals surface area (Å²) >= 11 is 0. The Morgan fingerprint density at radius 2 is 1.73 bits per heavy atom. The Bertz CT molecular complexity index is 143. The maximum absolute atomic E-state index is 3.10. The van der Waals surface area contributed by atoms with Crippen LogP contribution in [0, 0.1) is 17.4 Å². The normalized spacial score (nSPS) is 10.0. The summed E-state index contributed by atoms with van der Waals surface area (Å²) in [5.41, 5.74) is 3.29. The predicted molar refractivity (Wildman–Crippen MR) is 45.6 cm³/mol. The van der Waals surface area contributed by atoms with E-state index in [1.165, 1.54) is 0 Å². The van der Waals surface area contributed by atoms with Crippen LogP contribution in [0.2, 0.25) is 0 Å². The Morgan fingerprint density at radius 3 is 2.00 bits per heavy atom. The molecule has 11 heavy (non-hydrogen) atoms. The molecular formula is C10H17Li. The summed E-state index contributed by atoms with van der Waals surface area (Å²) in [7, 11) is 0. The minimum Gasteiger partial charge on any atom is -0.335 e. The van der Waals surface area contributed by atoms with Crippen molar-refractivity contribution in [2.75, 3.05) is 0 Å². The van der Waals surface area contributed by atoms with Crippen LogP contribution in [-0.2, 0) is 0 Å². The first-order valence-electron chi connectivity index (χ1n) is 3.77. The Labute approximate surface area is 82.9 Å². The second-order valence-electron chi connectivity index (χ2n) is 3.95. The summed E-state index contributed by atoms with van der Waals surface area (Å²) in [6, 6.07) is 0. The van der Waals surface area contributed by atoms with Crippen LogP contribution in [0.15, 0.2) is 11.8 Å². The topological polar surface area (TPSA) is 0 Å². The maximum atomic E-state index is 3.10. The molecule has 0 radical (unpaired) electrons. The van der Waals surface area contributed by atoms with Gasteiger partial charge in [0.05, 0.1) is 0 Å². The second kappa shape index (κ2) is 5.73. The van der Waals surface area contributed by atoms with Gasteiger partial charge >= 0.3 is 18.9 Å². The maximum Gasteiger partial charge on any atom is 1.00 e. The van der Waals surface area contributed by atoms with E-state index in [-0.39, 0.29) is 24.3 Å². The van der Waals surface area contributed by atoms with E-state index in [9.17, 15) is 0 Å². The molecule has 0 saturated carbocycles. The number of hydrogen-bond acceptors (Lipinski definition) is 0. The van der Waals surface area contributed by atoms with Crippen molar-refractivity contribution < 1.29 is 18.9 Å². The third-order valence-electron chi connectivity index (χ3n) is 0.877. The molecule has 0 atom stereocenters. The molecule has 0 aliphatic heterocycles. The fraction of sp³-hybridized carbons (Fsp3) is 0.700. The van der Waals surface area contributed by atoms with Gasteiger partial charge in [-0.2, -0.15) is 6.08 Å². The largest absolute Gasteiger partial charge is 1.00 e. The zero-order valence-corrected chi connectivity index (χ0v) is 8.65. The van der Waals surface area contributed by atoms with Crippen LogP contribution in [0.25, 0.3) is 0 Å². The summed E-state index contributed by atoms with van der Waals surface area (Å²) in [6.45, 7) is 10.7. The van der Waals surface area contributed by atoms with Crippen molar-refractivity contribution in [1.82, 2.24) is 0 Å². The van der Waals surface area contributed by atoms with E-state index >= 15 is 0 Å². The summed E-state index contributed by atoms with van der Waals surface area (Å²) in [4.78, 5) is 0. The predicted octanol–water partition coefficient (Wildman–Crippen LogP) is 0.207. The number of allylic oxidation sites excluding steroid dienone is 1. The second-order valence-corrected chi connectivity index (χ2v) is 3.95. The van der Waals surface area contributed by atoms with Gasteiger partial charge in [0.2, 0.25) is 0 Å². The van der Waals surface area contributed by atoms with E-state index in [0.717, 1.165) is 0 Å². The summed E-state index contributed by atoms with van der Waals surface area (Å²) in [5.74, 6) is 0.485. The van der Waals surface area contributed by atoms with Gasteiger partial charge in [-0.3, -0.25) is 0 Å². The average Bonchev–Trinajstić information content (AvgIpc) is 1.59. The van der Waals surface area contributed by atoms with Gasteiger partial charge in [0.25, 0.3) is 0 Å². The standard InChI is InChI=1S/C10H17.Li/c1-9(2)7-6-8-10(3,4)5;/h8-9H,1-5H3;/q-1;+1. The van der Waals surface area contributed by atoms with Crippen molar-refractivity contribution in [1.29, 1.82) is 0 Å². The van der Waals surface area contributed by atoms with Crippen molar-refractivity contribution in [3.05, 3.63) is 17.9 Å². The SMILES string of the molecule is CC(C)[C-]=C=CC(C)(C)C.[Li+]. The molecule has 58 valence electrons. The molecule has 0 nitrogen and oxygen atoms in total. The van der Waals surface area contributed by atoms with E-state index in [1.54, 1.807) is 0 Å². The molecule has 0 amide bonds. The van der Waals surface area contributed by atoms with Crippen molar-refractivity contribution in [3.8, 4) is 0 Å². The van der Waals surface area contributed by atoms with E-state index in [4.69, 9.17) is 0 Å². The zero-order chi connectivity index (χ0) is 8.20.